The smallest absolute Gasteiger partial charge is 0.407 e. The van der Waals surface area contributed by atoms with Crippen molar-refractivity contribution in [2.45, 2.75) is 58.4 Å². The number of benzene rings is 1. The molecule has 2 heterocycles. The SMILES string of the molecule is C[C@H](O)c1nccn1Cc1cc(C#Cc2ccc(OCC3CC3NCCNC(=O)OC(C)(C)C)cc2)on1. The molecule has 10 heteroatoms. The predicted molar refractivity (Wildman–Crippen MR) is 141 cm³/mol. The number of nitrogens with zero attached hydrogens (tertiary/aromatic N) is 3. The van der Waals surface area contributed by atoms with Gasteiger partial charge in [0.1, 0.15) is 29.0 Å². The molecule has 2 unspecified atom stereocenters. The summed E-state index contributed by atoms with van der Waals surface area (Å²) < 4.78 is 18.3. The van der Waals surface area contributed by atoms with E-state index in [4.69, 9.17) is 14.0 Å². The first-order valence-electron chi connectivity index (χ1n) is 12.8. The summed E-state index contributed by atoms with van der Waals surface area (Å²) in [5.41, 5.74) is 1.05. The molecule has 1 aromatic carbocycles. The highest BCUT2D eigenvalue weighted by molar-refractivity contribution is 5.67. The fourth-order valence-corrected chi connectivity index (χ4v) is 3.83. The molecule has 1 aliphatic rings. The van der Waals surface area contributed by atoms with Crippen LogP contribution in [0.25, 0.3) is 0 Å². The molecule has 0 aliphatic heterocycles. The average Bonchev–Trinajstić information content (AvgIpc) is 3.21. The van der Waals surface area contributed by atoms with Gasteiger partial charge in [0.15, 0.2) is 0 Å². The lowest BCUT2D eigenvalue weighted by Crippen LogP contribution is -2.37. The minimum absolute atomic E-state index is 0.397. The number of carbonyl (C=O) groups is 1. The Morgan fingerprint density at radius 3 is 2.79 bits per heavy atom. The number of aliphatic hydroxyl groups is 1. The van der Waals surface area contributed by atoms with Gasteiger partial charge in [0.2, 0.25) is 5.76 Å². The highest BCUT2D eigenvalue weighted by Crippen LogP contribution is 2.30. The predicted octanol–water partition coefficient (Wildman–Crippen LogP) is 3.25. The molecule has 1 saturated carbocycles. The Morgan fingerprint density at radius 2 is 2.05 bits per heavy atom. The Hall–Kier alpha value is -3.81. The molecule has 0 saturated heterocycles. The zero-order valence-corrected chi connectivity index (χ0v) is 22.2. The van der Waals surface area contributed by atoms with Crippen LogP contribution in [0.2, 0.25) is 0 Å². The molecule has 3 atom stereocenters. The molecule has 3 aromatic rings. The van der Waals surface area contributed by atoms with Gasteiger partial charge in [-0.05, 0) is 64.3 Å². The molecule has 0 radical (unpaired) electrons. The lowest BCUT2D eigenvalue weighted by molar-refractivity contribution is 0.0528. The van der Waals surface area contributed by atoms with Crippen molar-refractivity contribution in [1.82, 2.24) is 25.3 Å². The van der Waals surface area contributed by atoms with Crippen LogP contribution in [0.15, 0.2) is 47.2 Å². The third-order valence-electron chi connectivity index (χ3n) is 5.78. The summed E-state index contributed by atoms with van der Waals surface area (Å²) in [6.45, 7) is 9.48. The maximum Gasteiger partial charge on any atom is 0.407 e. The summed E-state index contributed by atoms with van der Waals surface area (Å²) in [4.78, 5) is 15.8. The summed E-state index contributed by atoms with van der Waals surface area (Å²) in [6.07, 6.45) is 3.43. The summed E-state index contributed by atoms with van der Waals surface area (Å²) in [6, 6.07) is 9.81. The van der Waals surface area contributed by atoms with Gasteiger partial charge in [0.25, 0.3) is 0 Å². The molecule has 1 aliphatic carbocycles. The highest BCUT2D eigenvalue weighted by atomic mass is 16.6. The van der Waals surface area contributed by atoms with E-state index >= 15 is 0 Å². The second-order valence-corrected chi connectivity index (χ2v) is 10.3. The number of aromatic nitrogens is 3. The standard InChI is InChI=1S/C28H35N5O5/c1-19(34)26-30-13-14-33(26)17-22-16-24(38-32-22)10-7-20-5-8-23(9-6-20)36-18-21-15-25(21)29-11-12-31-27(35)37-28(2,3)4/h5-6,8-9,13-14,16,19,21,25,29,34H,11-12,15,17-18H2,1-4H3,(H,31,35)/t19-,21?,25?/m0/s1. The van der Waals surface area contributed by atoms with Crippen LogP contribution in [0.3, 0.4) is 0 Å². The maximum atomic E-state index is 11.7. The number of hydrogen-bond donors (Lipinski definition) is 3. The Bertz CT molecular complexity index is 1260. The quantitative estimate of drug-likeness (QED) is 0.274. The number of imidazole rings is 1. The van der Waals surface area contributed by atoms with E-state index in [9.17, 15) is 9.90 Å². The zero-order valence-electron chi connectivity index (χ0n) is 22.2. The molecule has 3 N–H and O–H groups in total. The van der Waals surface area contributed by atoms with Crippen LogP contribution in [-0.4, -0.2) is 57.2 Å². The van der Waals surface area contributed by atoms with Crippen LogP contribution < -0.4 is 15.4 Å². The van der Waals surface area contributed by atoms with E-state index in [1.165, 1.54) is 0 Å². The summed E-state index contributed by atoms with van der Waals surface area (Å²) in [7, 11) is 0. The summed E-state index contributed by atoms with van der Waals surface area (Å²) >= 11 is 0. The van der Waals surface area contributed by atoms with E-state index in [0.29, 0.717) is 55.5 Å². The number of rotatable bonds is 10. The van der Waals surface area contributed by atoms with E-state index in [0.717, 1.165) is 17.7 Å². The van der Waals surface area contributed by atoms with Crippen molar-refractivity contribution in [2.75, 3.05) is 19.7 Å². The van der Waals surface area contributed by atoms with E-state index < -0.39 is 17.8 Å². The largest absolute Gasteiger partial charge is 0.493 e. The third-order valence-corrected chi connectivity index (χ3v) is 5.78. The van der Waals surface area contributed by atoms with Crippen molar-refractivity contribution in [3.8, 4) is 17.6 Å². The molecule has 10 nitrogen and oxygen atoms in total. The molecule has 4 rings (SSSR count). The van der Waals surface area contributed by atoms with E-state index in [1.807, 2.05) is 49.6 Å². The number of amides is 1. The lowest BCUT2D eigenvalue weighted by Gasteiger charge is -2.19. The first kappa shape index (κ1) is 27.2. The molecule has 38 heavy (non-hydrogen) atoms. The van der Waals surface area contributed by atoms with Gasteiger partial charge in [0.05, 0.1) is 13.2 Å². The number of alkyl carbamates (subject to hydrolysis) is 1. The number of nitrogens with one attached hydrogen (secondary N) is 2. The van der Waals surface area contributed by atoms with Gasteiger partial charge in [0, 0.05) is 49.1 Å². The van der Waals surface area contributed by atoms with Gasteiger partial charge in [-0.25, -0.2) is 9.78 Å². The van der Waals surface area contributed by atoms with E-state index in [2.05, 4.69) is 32.6 Å². The van der Waals surface area contributed by atoms with Gasteiger partial charge < -0.3 is 34.3 Å². The Labute approximate surface area is 222 Å². The molecule has 1 fully saturated rings. The third kappa shape index (κ3) is 8.36. The Morgan fingerprint density at radius 1 is 1.26 bits per heavy atom. The van der Waals surface area contributed by atoms with Crippen LogP contribution in [0.4, 0.5) is 4.79 Å². The van der Waals surface area contributed by atoms with Gasteiger partial charge in [-0.1, -0.05) is 11.1 Å². The molecule has 2 aromatic heterocycles. The van der Waals surface area contributed by atoms with Crippen LogP contribution in [0.1, 0.15) is 63.1 Å². The van der Waals surface area contributed by atoms with E-state index in [1.54, 1.807) is 25.4 Å². The maximum absolute atomic E-state index is 11.7. The van der Waals surface area contributed by atoms with Gasteiger partial charge in [-0.2, -0.15) is 0 Å². The minimum Gasteiger partial charge on any atom is -0.493 e. The fourth-order valence-electron chi connectivity index (χ4n) is 3.83. The summed E-state index contributed by atoms with van der Waals surface area (Å²) in [5.74, 6) is 8.35. The van der Waals surface area contributed by atoms with Gasteiger partial charge in [-0.15, -0.1) is 0 Å². The van der Waals surface area contributed by atoms with Crippen molar-refractivity contribution < 1.29 is 23.9 Å². The van der Waals surface area contributed by atoms with Crippen LogP contribution in [0.5, 0.6) is 5.75 Å². The van der Waals surface area contributed by atoms with Crippen molar-refractivity contribution in [2.24, 2.45) is 5.92 Å². The zero-order chi connectivity index (χ0) is 27.1. The van der Waals surface area contributed by atoms with Gasteiger partial charge in [-0.3, -0.25) is 0 Å². The van der Waals surface area contributed by atoms with E-state index in [-0.39, 0.29) is 0 Å². The Kier molecular flexibility index (Phi) is 8.71. The second-order valence-electron chi connectivity index (χ2n) is 10.3. The van der Waals surface area contributed by atoms with Crippen molar-refractivity contribution >= 4 is 6.09 Å². The van der Waals surface area contributed by atoms with Crippen LogP contribution >= 0.6 is 0 Å². The molecular formula is C28H35N5O5. The first-order valence-corrected chi connectivity index (χ1v) is 12.8. The van der Waals surface area contributed by atoms with Crippen molar-refractivity contribution in [1.29, 1.82) is 0 Å². The number of aliphatic hydroxyl groups excluding tert-OH is 1. The fraction of sp³-hybridized carbons (Fsp3) is 0.464. The van der Waals surface area contributed by atoms with Gasteiger partial charge >= 0.3 is 6.09 Å². The number of carbonyl (C=O) groups excluding carboxylic acids is 1. The molecular weight excluding hydrogens is 486 g/mol. The normalized spacial score (nSPS) is 17.3. The molecule has 1 amide bonds. The molecule has 202 valence electrons. The second kappa shape index (κ2) is 12.2. The topological polar surface area (TPSA) is 124 Å². The summed E-state index contributed by atoms with van der Waals surface area (Å²) in [5, 5.41) is 20.0. The average molecular weight is 522 g/mol. The lowest BCUT2D eigenvalue weighted by atomic mass is 10.2. The van der Waals surface area contributed by atoms with Crippen LogP contribution in [0, 0.1) is 17.8 Å². The molecule has 0 bridgehead atoms. The van der Waals surface area contributed by atoms with Crippen molar-refractivity contribution in [3.63, 3.8) is 0 Å². The first-order chi connectivity index (χ1) is 18.2. The number of ether oxygens (including phenoxy) is 2. The Balaban J connectivity index is 1.16. The minimum atomic E-state index is -0.662. The van der Waals surface area contributed by atoms with Crippen molar-refractivity contribution in [3.05, 3.63) is 65.6 Å². The monoisotopic (exact) mass is 521 g/mol. The highest BCUT2D eigenvalue weighted by Gasteiger charge is 2.37. The van der Waals surface area contributed by atoms with Crippen LogP contribution in [-0.2, 0) is 11.3 Å². The molecule has 0 spiro atoms. The number of hydrogen-bond acceptors (Lipinski definition) is 8.